The summed E-state index contributed by atoms with van der Waals surface area (Å²) in [5.41, 5.74) is 8.76. The third kappa shape index (κ3) is 4.65. The van der Waals surface area contributed by atoms with E-state index in [9.17, 15) is 0 Å². The first kappa shape index (κ1) is 13.8. The van der Waals surface area contributed by atoms with Crippen molar-refractivity contribution in [2.24, 2.45) is 0 Å². The molecule has 1 aromatic rings. The molecule has 96 valence electrons. The highest BCUT2D eigenvalue weighted by Crippen LogP contribution is 2.23. The Morgan fingerprint density at radius 3 is 2.53 bits per heavy atom. The van der Waals surface area contributed by atoms with Crippen LogP contribution < -0.4 is 10.5 Å². The maximum Gasteiger partial charge on any atom is 0.122 e. The number of benzene rings is 1. The Balaban J connectivity index is 2.34. The van der Waals surface area contributed by atoms with Crippen LogP contribution in [0.2, 0.25) is 0 Å². The molecule has 0 aliphatic heterocycles. The fraction of sp³-hybridized carbons (Fsp3) is 0.571. The molecular formula is C14H23NO2. The lowest BCUT2D eigenvalue weighted by Crippen LogP contribution is -2.08. The normalized spacial score (nSPS) is 10.5. The van der Waals surface area contributed by atoms with Gasteiger partial charge in [-0.1, -0.05) is 13.3 Å². The van der Waals surface area contributed by atoms with Gasteiger partial charge in [0.05, 0.1) is 6.61 Å². The van der Waals surface area contributed by atoms with E-state index in [0.29, 0.717) is 13.2 Å². The summed E-state index contributed by atoms with van der Waals surface area (Å²) in [5, 5.41) is 0. The second kappa shape index (κ2) is 7.17. The van der Waals surface area contributed by atoms with Crippen molar-refractivity contribution in [3.05, 3.63) is 23.3 Å². The van der Waals surface area contributed by atoms with Crippen LogP contribution >= 0.6 is 0 Å². The molecule has 0 aliphatic carbocycles. The van der Waals surface area contributed by atoms with Crippen LogP contribution in [-0.2, 0) is 4.74 Å². The summed E-state index contributed by atoms with van der Waals surface area (Å²) < 4.78 is 11.1. The summed E-state index contributed by atoms with van der Waals surface area (Å²) in [6.07, 6.45) is 2.27. The number of aryl methyl sites for hydroxylation is 2. The second-order valence-electron chi connectivity index (χ2n) is 4.29. The maximum absolute atomic E-state index is 5.82. The van der Waals surface area contributed by atoms with Crippen molar-refractivity contribution in [1.82, 2.24) is 0 Å². The number of rotatable bonds is 7. The quantitative estimate of drug-likeness (QED) is 0.585. The molecule has 3 heteroatoms. The minimum Gasteiger partial charge on any atom is -0.491 e. The smallest absolute Gasteiger partial charge is 0.122 e. The average Bonchev–Trinajstić information content (AvgIpc) is 2.30. The van der Waals surface area contributed by atoms with E-state index in [1.807, 2.05) is 26.0 Å². The number of hydrogen-bond acceptors (Lipinski definition) is 3. The third-order valence-corrected chi connectivity index (χ3v) is 2.69. The Labute approximate surface area is 104 Å². The molecular weight excluding hydrogens is 214 g/mol. The molecule has 0 spiro atoms. The van der Waals surface area contributed by atoms with Crippen LogP contribution in [0.25, 0.3) is 0 Å². The van der Waals surface area contributed by atoms with Crippen molar-refractivity contribution in [2.75, 3.05) is 25.6 Å². The van der Waals surface area contributed by atoms with E-state index >= 15 is 0 Å². The van der Waals surface area contributed by atoms with Gasteiger partial charge in [-0.3, -0.25) is 0 Å². The van der Waals surface area contributed by atoms with Crippen LogP contribution in [-0.4, -0.2) is 19.8 Å². The molecule has 0 radical (unpaired) electrons. The third-order valence-electron chi connectivity index (χ3n) is 2.69. The fourth-order valence-electron chi connectivity index (χ4n) is 1.53. The molecule has 0 saturated carbocycles. The van der Waals surface area contributed by atoms with E-state index in [-0.39, 0.29) is 0 Å². The zero-order valence-electron chi connectivity index (χ0n) is 11.1. The molecule has 1 aromatic carbocycles. The van der Waals surface area contributed by atoms with Gasteiger partial charge in [0.2, 0.25) is 0 Å². The minimum absolute atomic E-state index is 0.591. The molecule has 0 atom stereocenters. The van der Waals surface area contributed by atoms with Crippen LogP contribution in [0.15, 0.2) is 12.1 Å². The second-order valence-corrected chi connectivity index (χ2v) is 4.29. The van der Waals surface area contributed by atoms with E-state index in [4.69, 9.17) is 15.2 Å². The summed E-state index contributed by atoms with van der Waals surface area (Å²) in [7, 11) is 0. The Morgan fingerprint density at radius 2 is 1.82 bits per heavy atom. The predicted molar refractivity (Wildman–Crippen MR) is 71.6 cm³/mol. The molecule has 0 bridgehead atoms. The molecule has 0 saturated heterocycles. The molecule has 2 N–H and O–H groups in total. The molecule has 1 rings (SSSR count). The average molecular weight is 237 g/mol. The Morgan fingerprint density at radius 1 is 1.06 bits per heavy atom. The lowest BCUT2D eigenvalue weighted by Gasteiger charge is -2.11. The van der Waals surface area contributed by atoms with Crippen LogP contribution in [0.4, 0.5) is 5.69 Å². The molecule has 0 heterocycles. The molecule has 0 fully saturated rings. The van der Waals surface area contributed by atoms with Gasteiger partial charge in [-0.25, -0.2) is 0 Å². The zero-order valence-corrected chi connectivity index (χ0v) is 11.1. The van der Waals surface area contributed by atoms with E-state index < -0.39 is 0 Å². The van der Waals surface area contributed by atoms with Crippen LogP contribution in [0.1, 0.15) is 30.9 Å². The minimum atomic E-state index is 0.591. The van der Waals surface area contributed by atoms with Gasteiger partial charge in [-0.2, -0.15) is 0 Å². The van der Waals surface area contributed by atoms with Gasteiger partial charge >= 0.3 is 0 Å². The lowest BCUT2D eigenvalue weighted by molar-refractivity contribution is 0.0978. The first-order valence-electron chi connectivity index (χ1n) is 6.22. The van der Waals surface area contributed by atoms with E-state index in [0.717, 1.165) is 42.0 Å². The predicted octanol–water partition coefficient (Wildman–Crippen LogP) is 3.08. The molecule has 0 aliphatic rings. The number of nitrogens with two attached hydrogens (primary N) is 1. The van der Waals surface area contributed by atoms with Crippen molar-refractivity contribution in [1.29, 1.82) is 0 Å². The van der Waals surface area contributed by atoms with Gasteiger partial charge in [-0.05, 0) is 43.5 Å². The highest BCUT2D eigenvalue weighted by atomic mass is 16.5. The first-order chi connectivity index (χ1) is 8.15. The monoisotopic (exact) mass is 237 g/mol. The van der Waals surface area contributed by atoms with Crippen LogP contribution in [0.3, 0.4) is 0 Å². The van der Waals surface area contributed by atoms with Crippen molar-refractivity contribution < 1.29 is 9.47 Å². The maximum atomic E-state index is 5.82. The molecule has 17 heavy (non-hydrogen) atoms. The van der Waals surface area contributed by atoms with Crippen LogP contribution in [0.5, 0.6) is 5.75 Å². The van der Waals surface area contributed by atoms with E-state index in [1.54, 1.807) is 0 Å². The number of nitrogen functional groups attached to an aromatic ring is 1. The lowest BCUT2D eigenvalue weighted by atomic mass is 10.1. The van der Waals surface area contributed by atoms with Gasteiger partial charge in [0.1, 0.15) is 12.4 Å². The van der Waals surface area contributed by atoms with Gasteiger partial charge in [-0.15, -0.1) is 0 Å². The van der Waals surface area contributed by atoms with E-state index in [1.165, 1.54) is 0 Å². The summed E-state index contributed by atoms with van der Waals surface area (Å²) in [6, 6.07) is 3.93. The fourth-order valence-corrected chi connectivity index (χ4v) is 1.53. The summed E-state index contributed by atoms with van der Waals surface area (Å²) in [5.74, 6) is 0.899. The molecule has 0 aromatic heterocycles. The molecule has 0 unspecified atom stereocenters. The highest BCUT2D eigenvalue weighted by Gasteiger charge is 2.03. The van der Waals surface area contributed by atoms with Crippen molar-refractivity contribution in [2.45, 2.75) is 33.6 Å². The summed E-state index contributed by atoms with van der Waals surface area (Å²) in [6.45, 7) is 8.19. The topological polar surface area (TPSA) is 44.5 Å². The van der Waals surface area contributed by atoms with E-state index in [2.05, 4.69) is 6.92 Å². The zero-order chi connectivity index (χ0) is 12.7. The number of hydrogen-bond donors (Lipinski definition) is 1. The van der Waals surface area contributed by atoms with Gasteiger partial charge in [0.15, 0.2) is 0 Å². The Hall–Kier alpha value is -1.22. The van der Waals surface area contributed by atoms with Crippen LogP contribution in [0, 0.1) is 13.8 Å². The number of unbranched alkanes of at least 4 members (excludes halogenated alkanes) is 1. The van der Waals surface area contributed by atoms with Crippen molar-refractivity contribution in [3.63, 3.8) is 0 Å². The standard InChI is InChI=1S/C14H23NO2/c1-4-5-6-16-7-8-17-14-10-11(2)13(15)9-12(14)3/h9-10H,4-8,15H2,1-3H3. The molecule has 3 nitrogen and oxygen atoms in total. The SMILES string of the molecule is CCCCOCCOc1cc(C)c(N)cc1C. The summed E-state index contributed by atoms with van der Waals surface area (Å²) >= 11 is 0. The molecule has 0 amide bonds. The Bertz CT molecular complexity index is 350. The van der Waals surface area contributed by atoms with Crippen molar-refractivity contribution in [3.8, 4) is 5.75 Å². The number of ether oxygens (including phenoxy) is 2. The highest BCUT2D eigenvalue weighted by molar-refractivity contribution is 5.53. The first-order valence-corrected chi connectivity index (χ1v) is 6.22. The van der Waals surface area contributed by atoms with Gasteiger partial charge in [0.25, 0.3) is 0 Å². The van der Waals surface area contributed by atoms with Gasteiger partial charge in [0, 0.05) is 12.3 Å². The van der Waals surface area contributed by atoms with Gasteiger partial charge < -0.3 is 15.2 Å². The van der Waals surface area contributed by atoms with Crippen molar-refractivity contribution >= 4 is 5.69 Å². The number of anilines is 1. The largest absolute Gasteiger partial charge is 0.491 e. The Kier molecular flexibility index (Phi) is 5.84. The summed E-state index contributed by atoms with van der Waals surface area (Å²) in [4.78, 5) is 0.